The van der Waals surface area contributed by atoms with Gasteiger partial charge in [-0.1, -0.05) is 11.6 Å². The van der Waals surface area contributed by atoms with Gasteiger partial charge in [0.15, 0.2) is 0 Å². The molecule has 4 rings (SSSR count). The van der Waals surface area contributed by atoms with E-state index in [9.17, 15) is 4.39 Å². The molecule has 0 aromatic carbocycles. The minimum atomic E-state index is -0.699. The molecular weight excluding hydrogens is 263 g/mol. The first-order valence-electron chi connectivity index (χ1n) is 7.80. The second-order valence-electron chi connectivity index (χ2n) is 6.27. The molecular formula is C18H19FN2. The van der Waals surface area contributed by atoms with E-state index in [-0.39, 0.29) is 5.92 Å². The zero-order valence-electron chi connectivity index (χ0n) is 12.0. The summed E-state index contributed by atoms with van der Waals surface area (Å²) >= 11 is 0. The van der Waals surface area contributed by atoms with E-state index in [2.05, 4.69) is 22.1 Å². The van der Waals surface area contributed by atoms with Crippen molar-refractivity contribution in [2.45, 2.75) is 37.8 Å². The van der Waals surface area contributed by atoms with Gasteiger partial charge in [0.25, 0.3) is 0 Å². The molecule has 0 saturated heterocycles. The van der Waals surface area contributed by atoms with Crippen molar-refractivity contribution in [3.63, 3.8) is 0 Å². The normalized spacial score (nSPS) is 34.5. The fraction of sp³-hybridized carbons (Fsp3) is 0.444. The Balaban J connectivity index is 1.82. The minimum Gasteiger partial charge on any atom is -0.269 e. The van der Waals surface area contributed by atoms with Gasteiger partial charge < -0.3 is 0 Å². The number of aromatic nitrogens is 1. The number of pyridine rings is 1. The van der Waals surface area contributed by atoms with Gasteiger partial charge in [-0.25, -0.2) is 4.39 Å². The summed E-state index contributed by atoms with van der Waals surface area (Å²) in [7, 11) is 0. The SMILES string of the molecule is FC1CC2CC=NC=CC2=C2C(c3cccnc3)CCC21. The van der Waals surface area contributed by atoms with E-state index in [0.717, 1.165) is 19.3 Å². The van der Waals surface area contributed by atoms with Crippen LogP contribution in [0.25, 0.3) is 0 Å². The average molecular weight is 282 g/mol. The van der Waals surface area contributed by atoms with Crippen LogP contribution in [0.1, 0.15) is 37.2 Å². The van der Waals surface area contributed by atoms with E-state index >= 15 is 0 Å². The van der Waals surface area contributed by atoms with Crippen molar-refractivity contribution >= 4 is 6.21 Å². The number of allylic oxidation sites excluding steroid dienone is 3. The average Bonchev–Trinajstić information content (AvgIpc) is 2.83. The molecule has 1 saturated carbocycles. The van der Waals surface area contributed by atoms with Crippen molar-refractivity contribution in [3.8, 4) is 0 Å². The minimum absolute atomic E-state index is 0.101. The summed E-state index contributed by atoms with van der Waals surface area (Å²) in [6.07, 6.45) is 12.5. The summed E-state index contributed by atoms with van der Waals surface area (Å²) < 4.78 is 14.6. The van der Waals surface area contributed by atoms with Crippen LogP contribution in [-0.4, -0.2) is 17.4 Å². The summed E-state index contributed by atoms with van der Waals surface area (Å²) in [5, 5.41) is 0. The Morgan fingerprint density at radius 1 is 1.24 bits per heavy atom. The van der Waals surface area contributed by atoms with Crippen LogP contribution >= 0.6 is 0 Å². The van der Waals surface area contributed by atoms with Gasteiger partial charge in [0.2, 0.25) is 0 Å². The van der Waals surface area contributed by atoms with E-state index in [4.69, 9.17) is 0 Å². The molecule has 0 spiro atoms. The molecule has 1 aromatic rings. The lowest BCUT2D eigenvalue weighted by atomic mass is 9.73. The van der Waals surface area contributed by atoms with Crippen molar-refractivity contribution < 1.29 is 4.39 Å². The lowest BCUT2D eigenvalue weighted by Gasteiger charge is -2.33. The van der Waals surface area contributed by atoms with Gasteiger partial charge in [-0.05, 0) is 54.9 Å². The van der Waals surface area contributed by atoms with Crippen molar-refractivity contribution in [3.05, 3.63) is 53.5 Å². The van der Waals surface area contributed by atoms with Gasteiger partial charge in [-0.15, -0.1) is 0 Å². The fourth-order valence-electron chi connectivity index (χ4n) is 4.26. The number of nitrogens with zero attached hydrogens (tertiary/aromatic N) is 2. The smallest absolute Gasteiger partial charge is 0.107 e. The molecule has 1 aliphatic heterocycles. The Hall–Kier alpha value is -1.77. The maximum absolute atomic E-state index is 14.6. The van der Waals surface area contributed by atoms with Gasteiger partial charge in [-0.2, -0.15) is 0 Å². The van der Waals surface area contributed by atoms with Crippen molar-refractivity contribution in [2.24, 2.45) is 16.8 Å². The molecule has 1 fully saturated rings. The predicted molar refractivity (Wildman–Crippen MR) is 82.0 cm³/mol. The monoisotopic (exact) mass is 282 g/mol. The fourth-order valence-corrected chi connectivity index (χ4v) is 4.26. The number of aliphatic imine (C=N–C) groups is 1. The van der Waals surface area contributed by atoms with Gasteiger partial charge in [-0.3, -0.25) is 9.98 Å². The first-order chi connectivity index (χ1) is 10.3. The predicted octanol–water partition coefficient (Wildman–Crippen LogP) is 4.22. The first kappa shape index (κ1) is 12.9. The second kappa shape index (κ2) is 5.21. The molecule has 0 amide bonds. The molecule has 4 atom stereocenters. The highest BCUT2D eigenvalue weighted by atomic mass is 19.1. The second-order valence-corrected chi connectivity index (χ2v) is 6.27. The summed E-state index contributed by atoms with van der Waals surface area (Å²) in [4.78, 5) is 8.51. The number of alkyl halides is 1. The summed E-state index contributed by atoms with van der Waals surface area (Å²) in [5.74, 6) is 0.734. The number of fused-ring (bicyclic) bond motifs is 2. The molecule has 2 heterocycles. The van der Waals surface area contributed by atoms with Crippen molar-refractivity contribution in [2.75, 3.05) is 0 Å². The van der Waals surface area contributed by atoms with Crippen LogP contribution in [0, 0.1) is 11.8 Å². The number of hydrogen-bond acceptors (Lipinski definition) is 2. The zero-order valence-corrected chi connectivity index (χ0v) is 12.0. The molecule has 0 radical (unpaired) electrons. The van der Waals surface area contributed by atoms with Crippen LogP contribution in [0.5, 0.6) is 0 Å². The van der Waals surface area contributed by atoms with Crippen LogP contribution < -0.4 is 0 Å². The van der Waals surface area contributed by atoms with E-state index < -0.39 is 6.17 Å². The quantitative estimate of drug-likeness (QED) is 0.757. The Bertz CT molecular complexity index is 617. The number of hydrogen-bond donors (Lipinski definition) is 0. The maximum Gasteiger partial charge on any atom is 0.107 e. The molecule has 2 nitrogen and oxygen atoms in total. The highest BCUT2D eigenvalue weighted by Gasteiger charge is 2.43. The number of halogens is 1. The molecule has 3 aliphatic rings. The molecule has 3 heteroatoms. The van der Waals surface area contributed by atoms with Gasteiger partial charge in [0.1, 0.15) is 6.17 Å². The van der Waals surface area contributed by atoms with Crippen LogP contribution in [0.3, 0.4) is 0 Å². The Kier molecular flexibility index (Phi) is 3.21. The van der Waals surface area contributed by atoms with Gasteiger partial charge in [0.05, 0.1) is 0 Å². The zero-order chi connectivity index (χ0) is 14.2. The lowest BCUT2D eigenvalue weighted by molar-refractivity contribution is 0.205. The van der Waals surface area contributed by atoms with Crippen LogP contribution in [0.4, 0.5) is 4.39 Å². The highest BCUT2D eigenvalue weighted by Crippen LogP contribution is 2.52. The van der Waals surface area contributed by atoms with Crippen LogP contribution in [0.15, 0.2) is 52.9 Å². The van der Waals surface area contributed by atoms with E-state index in [1.165, 1.54) is 16.7 Å². The van der Waals surface area contributed by atoms with Crippen molar-refractivity contribution in [1.29, 1.82) is 0 Å². The third kappa shape index (κ3) is 2.15. The van der Waals surface area contributed by atoms with E-state index in [0.29, 0.717) is 18.3 Å². The summed E-state index contributed by atoms with van der Waals surface area (Å²) in [5.41, 5.74) is 3.90. The van der Waals surface area contributed by atoms with E-state index in [1.807, 2.05) is 24.7 Å². The van der Waals surface area contributed by atoms with Gasteiger partial charge >= 0.3 is 0 Å². The van der Waals surface area contributed by atoms with E-state index in [1.54, 1.807) is 6.20 Å². The standard InChI is InChI=1S/C18H19FN2/c19-17-10-12-5-8-20-9-6-15(12)18-14(3-4-16(17)18)13-2-1-7-21-11-13/h1-2,6-9,11-12,14,16-17H,3-5,10H2. The third-order valence-electron chi connectivity index (χ3n) is 5.18. The summed E-state index contributed by atoms with van der Waals surface area (Å²) in [6.45, 7) is 0. The molecule has 0 bridgehead atoms. The Morgan fingerprint density at radius 2 is 2.19 bits per heavy atom. The number of rotatable bonds is 1. The van der Waals surface area contributed by atoms with Crippen molar-refractivity contribution in [1.82, 2.24) is 4.98 Å². The molecule has 1 aromatic heterocycles. The summed E-state index contributed by atoms with van der Waals surface area (Å²) in [6, 6.07) is 4.11. The maximum atomic E-state index is 14.6. The Morgan fingerprint density at radius 3 is 3.05 bits per heavy atom. The topological polar surface area (TPSA) is 25.2 Å². The van der Waals surface area contributed by atoms with Gasteiger partial charge in [0, 0.05) is 36.6 Å². The molecule has 108 valence electrons. The molecule has 4 unspecified atom stereocenters. The first-order valence-corrected chi connectivity index (χ1v) is 7.80. The lowest BCUT2D eigenvalue weighted by Crippen LogP contribution is -2.27. The molecule has 0 N–H and O–H groups in total. The largest absolute Gasteiger partial charge is 0.269 e. The van der Waals surface area contributed by atoms with Crippen LogP contribution in [0.2, 0.25) is 0 Å². The van der Waals surface area contributed by atoms with Crippen LogP contribution in [-0.2, 0) is 0 Å². The molecule has 2 aliphatic carbocycles. The third-order valence-corrected chi connectivity index (χ3v) is 5.18. The highest BCUT2D eigenvalue weighted by molar-refractivity contribution is 5.62. The molecule has 21 heavy (non-hydrogen) atoms. The Labute approximate surface area is 124 Å².